The van der Waals surface area contributed by atoms with Crippen molar-refractivity contribution in [3.63, 3.8) is 0 Å². The third-order valence-electron chi connectivity index (χ3n) is 4.16. The molecule has 2 N–H and O–H groups in total. The van der Waals surface area contributed by atoms with Crippen LogP contribution < -0.4 is 5.32 Å². The Balaban J connectivity index is 1.59. The third kappa shape index (κ3) is 4.18. The normalized spacial score (nSPS) is 10.5. The van der Waals surface area contributed by atoms with Crippen molar-refractivity contribution in [2.75, 3.05) is 5.32 Å². The standard InChI is InChI=1S/C21H19NO3S/c1-14-20(21(24)25)18(13-26-14)22-19(23)12-9-15-7-10-17(11-8-15)16-5-3-2-4-6-16/h2-8,10-11,13H,9,12H2,1H3,(H,22,23)(H,24,25). The summed E-state index contributed by atoms with van der Waals surface area (Å²) >= 11 is 1.32. The van der Waals surface area contributed by atoms with Gasteiger partial charge in [0.25, 0.3) is 0 Å². The summed E-state index contributed by atoms with van der Waals surface area (Å²) in [7, 11) is 0. The molecule has 0 atom stereocenters. The Morgan fingerprint density at radius 1 is 1.00 bits per heavy atom. The van der Waals surface area contributed by atoms with Gasteiger partial charge in [0.05, 0.1) is 11.3 Å². The zero-order valence-electron chi connectivity index (χ0n) is 14.4. The second kappa shape index (κ2) is 7.97. The number of nitrogens with one attached hydrogen (secondary N) is 1. The van der Waals surface area contributed by atoms with Gasteiger partial charge in [0, 0.05) is 16.7 Å². The quantitative estimate of drug-likeness (QED) is 0.646. The van der Waals surface area contributed by atoms with Crippen LogP contribution in [0, 0.1) is 6.92 Å². The maximum absolute atomic E-state index is 12.2. The van der Waals surface area contributed by atoms with E-state index in [9.17, 15) is 14.7 Å². The van der Waals surface area contributed by atoms with Crippen molar-refractivity contribution in [1.29, 1.82) is 0 Å². The van der Waals surface area contributed by atoms with E-state index < -0.39 is 5.97 Å². The van der Waals surface area contributed by atoms with E-state index in [0.29, 0.717) is 23.4 Å². The molecular formula is C21H19NO3S. The largest absolute Gasteiger partial charge is 0.478 e. The average molecular weight is 365 g/mol. The predicted molar refractivity (Wildman–Crippen MR) is 105 cm³/mol. The number of amides is 1. The van der Waals surface area contributed by atoms with Gasteiger partial charge in [-0.1, -0.05) is 54.6 Å². The first kappa shape index (κ1) is 17.9. The van der Waals surface area contributed by atoms with Crippen LogP contribution in [0.4, 0.5) is 5.69 Å². The molecule has 1 aromatic heterocycles. The molecule has 0 fully saturated rings. The Bertz CT molecular complexity index is 914. The van der Waals surface area contributed by atoms with Crippen LogP contribution >= 0.6 is 11.3 Å². The minimum absolute atomic E-state index is 0.176. The number of thiophene rings is 1. The molecule has 26 heavy (non-hydrogen) atoms. The molecule has 0 saturated heterocycles. The lowest BCUT2D eigenvalue weighted by Crippen LogP contribution is -2.14. The first-order valence-corrected chi connectivity index (χ1v) is 9.18. The number of carboxylic acids is 1. The summed E-state index contributed by atoms with van der Waals surface area (Å²) in [6.45, 7) is 1.73. The van der Waals surface area contributed by atoms with Crippen molar-refractivity contribution in [2.45, 2.75) is 19.8 Å². The van der Waals surface area contributed by atoms with Gasteiger partial charge in [-0.05, 0) is 30.0 Å². The van der Waals surface area contributed by atoms with Crippen molar-refractivity contribution in [3.8, 4) is 11.1 Å². The summed E-state index contributed by atoms with van der Waals surface area (Å²) in [5.41, 5.74) is 3.92. The Morgan fingerprint density at radius 2 is 1.65 bits per heavy atom. The molecule has 3 aromatic rings. The first-order valence-electron chi connectivity index (χ1n) is 8.30. The molecule has 5 heteroatoms. The molecule has 0 radical (unpaired) electrons. The van der Waals surface area contributed by atoms with Gasteiger partial charge < -0.3 is 10.4 Å². The average Bonchev–Trinajstić information content (AvgIpc) is 3.01. The summed E-state index contributed by atoms with van der Waals surface area (Å²) in [5, 5.41) is 13.6. The third-order valence-corrected chi connectivity index (χ3v) is 5.08. The van der Waals surface area contributed by atoms with E-state index >= 15 is 0 Å². The summed E-state index contributed by atoms with van der Waals surface area (Å²) in [6, 6.07) is 18.3. The molecular weight excluding hydrogens is 346 g/mol. The second-order valence-electron chi connectivity index (χ2n) is 6.00. The minimum Gasteiger partial charge on any atom is -0.478 e. The number of anilines is 1. The van der Waals surface area contributed by atoms with Gasteiger partial charge in [0.2, 0.25) is 5.91 Å². The fourth-order valence-electron chi connectivity index (χ4n) is 2.78. The highest BCUT2D eigenvalue weighted by molar-refractivity contribution is 7.10. The molecule has 132 valence electrons. The van der Waals surface area contributed by atoms with E-state index in [-0.39, 0.29) is 11.5 Å². The van der Waals surface area contributed by atoms with Crippen LogP contribution in [0.1, 0.15) is 27.2 Å². The topological polar surface area (TPSA) is 66.4 Å². The number of carbonyl (C=O) groups is 2. The van der Waals surface area contributed by atoms with Crippen LogP contribution in [0.2, 0.25) is 0 Å². The minimum atomic E-state index is -1.02. The molecule has 2 aromatic carbocycles. The number of aryl methyl sites for hydroxylation is 2. The number of carboxylic acid groups (broad SMARTS) is 1. The molecule has 0 saturated carbocycles. The van der Waals surface area contributed by atoms with E-state index in [4.69, 9.17) is 0 Å². The molecule has 4 nitrogen and oxygen atoms in total. The van der Waals surface area contributed by atoms with Gasteiger partial charge in [0.15, 0.2) is 0 Å². The highest BCUT2D eigenvalue weighted by atomic mass is 32.1. The lowest BCUT2D eigenvalue weighted by Gasteiger charge is -2.06. The molecule has 0 aliphatic rings. The van der Waals surface area contributed by atoms with E-state index in [1.165, 1.54) is 11.3 Å². The maximum Gasteiger partial charge on any atom is 0.338 e. The fourth-order valence-corrected chi connectivity index (χ4v) is 3.56. The van der Waals surface area contributed by atoms with Crippen LogP contribution in [0.25, 0.3) is 11.1 Å². The van der Waals surface area contributed by atoms with Crippen LogP contribution in [0.15, 0.2) is 60.0 Å². The summed E-state index contributed by atoms with van der Waals surface area (Å²) in [4.78, 5) is 24.1. The molecule has 1 amide bonds. The summed E-state index contributed by atoms with van der Waals surface area (Å²) < 4.78 is 0. The van der Waals surface area contributed by atoms with Gasteiger partial charge >= 0.3 is 5.97 Å². The Kier molecular flexibility index (Phi) is 5.49. The molecule has 0 unspecified atom stereocenters. The van der Waals surface area contributed by atoms with E-state index in [1.807, 2.05) is 42.5 Å². The number of hydrogen-bond acceptors (Lipinski definition) is 3. The molecule has 3 rings (SSSR count). The SMILES string of the molecule is Cc1scc(NC(=O)CCc2ccc(-c3ccccc3)cc2)c1C(=O)O. The van der Waals surface area contributed by atoms with Crippen LogP contribution in [-0.4, -0.2) is 17.0 Å². The van der Waals surface area contributed by atoms with Crippen molar-refractivity contribution in [1.82, 2.24) is 0 Å². The fraction of sp³-hybridized carbons (Fsp3) is 0.143. The van der Waals surface area contributed by atoms with Crippen molar-refractivity contribution in [3.05, 3.63) is 76.0 Å². The number of hydrogen-bond donors (Lipinski definition) is 2. The van der Waals surface area contributed by atoms with E-state index in [1.54, 1.807) is 12.3 Å². The predicted octanol–water partition coefficient (Wildman–Crippen LogP) is 4.99. The first-order chi connectivity index (χ1) is 12.5. The molecule has 0 spiro atoms. The van der Waals surface area contributed by atoms with Crippen molar-refractivity contribution < 1.29 is 14.7 Å². The van der Waals surface area contributed by atoms with Gasteiger partial charge in [-0.25, -0.2) is 4.79 Å². The van der Waals surface area contributed by atoms with Crippen LogP contribution in [-0.2, 0) is 11.2 Å². The van der Waals surface area contributed by atoms with E-state index in [0.717, 1.165) is 16.7 Å². The second-order valence-corrected chi connectivity index (χ2v) is 7.08. The van der Waals surface area contributed by atoms with Gasteiger partial charge in [-0.2, -0.15) is 0 Å². The number of aromatic carboxylic acids is 1. The highest BCUT2D eigenvalue weighted by Crippen LogP contribution is 2.27. The summed E-state index contributed by atoms with van der Waals surface area (Å²) in [5.74, 6) is -1.20. The Hall–Kier alpha value is -2.92. The zero-order valence-corrected chi connectivity index (χ0v) is 15.2. The maximum atomic E-state index is 12.2. The molecule has 0 bridgehead atoms. The van der Waals surface area contributed by atoms with Crippen molar-refractivity contribution >= 4 is 28.9 Å². The Labute approximate surface area is 156 Å². The molecule has 0 aliphatic carbocycles. The highest BCUT2D eigenvalue weighted by Gasteiger charge is 2.17. The number of rotatable bonds is 6. The van der Waals surface area contributed by atoms with E-state index in [2.05, 4.69) is 17.4 Å². The van der Waals surface area contributed by atoms with Gasteiger partial charge in [0.1, 0.15) is 0 Å². The van der Waals surface area contributed by atoms with Crippen LogP contribution in [0.3, 0.4) is 0 Å². The monoisotopic (exact) mass is 365 g/mol. The number of carbonyl (C=O) groups excluding carboxylic acids is 1. The van der Waals surface area contributed by atoms with Crippen LogP contribution in [0.5, 0.6) is 0 Å². The van der Waals surface area contributed by atoms with Gasteiger partial charge in [-0.3, -0.25) is 4.79 Å². The number of benzene rings is 2. The summed E-state index contributed by atoms with van der Waals surface area (Å²) in [6.07, 6.45) is 0.908. The Morgan fingerprint density at radius 3 is 2.31 bits per heavy atom. The molecule has 0 aliphatic heterocycles. The zero-order chi connectivity index (χ0) is 18.5. The van der Waals surface area contributed by atoms with Crippen molar-refractivity contribution in [2.24, 2.45) is 0 Å². The van der Waals surface area contributed by atoms with Gasteiger partial charge in [-0.15, -0.1) is 11.3 Å². The lowest BCUT2D eigenvalue weighted by molar-refractivity contribution is -0.116. The smallest absolute Gasteiger partial charge is 0.338 e. The lowest BCUT2D eigenvalue weighted by atomic mass is 10.0. The molecule has 1 heterocycles.